The van der Waals surface area contributed by atoms with Gasteiger partial charge >= 0.3 is 5.97 Å². The smallest absolute Gasteiger partial charge is 0.338 e. The Kier molecular flexibility index (Phi) is 8.21. The molecule has 3 atom stereocenters. The van der Waals surface area contributed by atoms with Crippen LogP contribution in [-0.4, -0.2) is 57.7 Å². The molecular formula is C27H28N2O5S2. The minimum atomic E-state index is -0.659. The molecule has 2 aromatic carbocycles. The highest BCUT2D eigenvalue weighted by Gasteiger charge is 2.41. The molecule has 0 saturated carbocycles. The number of nitrogens with zero attached hydrogens (tertiary/aromatic N) is 2. The maximum Gasteiger partial charge on any atom is 0.338 e. The first-order valence-corrected chi connectivity index (χ1v) is 13.2. The molecule has 2 aliphatic rings. The molecule has 2 saturated heterocycles. The number of ether oxygens (including phenoxy) is 1. The third-order valence-corrected chi connectivity index (χ3v) is 7.93. The Morgan fingerprint density at radius 3 is 2.25 bits per heavy atom. The molecule has 2 aliphatic heterocycles. The number of esters is 1. The Morgan fingerprint density at radius 2 is 1.61 bits per heavy atom. The molecular weight excluding hydrogens is 496 g/mol. The summed E-state index contributed by atoms with van der Waals surface area (Å²) in [5.74, 6) is -0.506. The van der Waals surface area contributed by atoms with Crippen molar-refractivity contribution in [2.24, 2.45) is 11.8 Å². The standard InChI is InChI=1S/C27H28N2O5S2/c1-17-12-18(2)15-28(14-17)27(35)36-23-13-24(31)29(25(23)32)21-10-8-20(9-11-21)26(33)34-16-22(30)19-6-4-3-5-7-19/h3-11,17-18,23H,12-16H2,1-2H3/t17-,18+,23-/m1/s1. The molecule has 2 amide bonds. The van der Waals surface area contributed by atoms with E-state index in [1.807, 2.05) is 0 Å². The lowest BCUT2D eigenvalue weighted by Gasteiger charge is -2.36. The van der Waals surface area contributed by atoms with Crippen LogP contribution in [0.1, 0.15) is 47.4 Å². The van der Waals surface area contributed by atoms with Gasteiger partial charge in [-0.2, -0.15) is 0 Å². The predicted octanol–water partition coefficient (Wildman–Crippen LogP) is 4.35. The van der Waals surface area contributed by atoms with Gasteiger partial charge in [0.2, 0.25) is 11.8 Å². The zero-order chi connectivity index (χ0) is 25.8. The molecule has 2 fully saturated rings. The average molecular weight is 525 g/mol. The Balaban J connectivity index is 1.35. The van der Waals surface area contributed by atoms with E-state index < -0.39 is 11.2 Å². The minimum Gasteiger partial charge on any atom is -0.454 e. The zero-order valence-corrected chi connectivity index (χ0v) is 21.8. The monoisotopic (exact) mass is 524 g/mol. The summed E-state index contributed by atoms with van der Waals surface area (Å²) in [6.45, 7) is 5.75. The van der Waals surface area contributed by atoms with Crippen LogP contribution in [0.25, 0.3) is 0 Å². The molecule has 0 N–H and O–H groups in total. The molecule has 2 heterocycles. The van der Waals surface area contributed by atoms with Gasteiger partial charge in [0.1, 0.15) is 9.57 Å². The minimum absolute atomic E-state index is 0.0774. The molecule has 0 bridgehead atoms. The number of imide groups is 1. The Bertz CT molecular complexity index is 1160. The molecule has 7 nitrogen and oxygen atoms in total. The Morgan fingerprint density at radius 1 is 0.972 bits per heavy atom. The number of thiocarbonyl (C=S) groups is 1. The van der Waals surface area contributed by atoms with Crippen molar-refractivity contribution in [2.75, 3.05) is 24.6 Å². The van der Waals surface area contributed by atoms with Gasteiger partial charge in [0.25, 0.3) is 0 Å². The lowest BCUT2D eigenvalue weighted by atomic mass is 9.92. The van der Waals surface area contributed by atoms with Gasteiger partial charge in [-0.15, -0.1) is 0 Å². The first-order valence-electron chi connectivity index (χ1n) is 11.9. The van der Waals surface area contributed by atoms with E-state index in [2.05, 4.69) is 18.7 Å². The molecule has 2 aromatic rings. The fourth-order valence-corrected chi connectivity index (χ4v) is 6.12. The van der Waals surface area contributed by atoms with Crippen molar-refractivity contribution in [3.63, 3.8) is 0 Å². The third kappa shape index (κ3) is 6.02. The quantitative estimate of drug-likeness (QED) is 0.239. The van der Waals surface area contributed by atoms with Crippen LogP contribution in [0.2, 0.25) is 0 Å². The Hall–Kier alpha value is -3.04. The van der Waals surface area contributed by atoms with Crippen LogP contribution in [0.4, 0.5) is 5.69 Å². The number of hydrogen-bond donors (Lipinski definition) is 0. The summed E-state index contributed by atoms with van der Waals surface area (Å²) in [5.41, 5.74) is 1.07. The number of likely N-dealkylation sites (tertiary alicyclic amines) is 1. The number of hydrogen-bond acceptors (Lipinski definition) is 7. The highest BCUT2D eigenvalue weighted by Crippen LogP contribution is 2.33. The van der Waals surface area contributed by atoms with E-state index in [9.17, 15) is 19.2 Å². The highest BCUT2D eigenvalue weighted by molar-refractivity contribution is 8.23. The summed E-state index contributed by atoms with van der Waals surface area (Å²) < 4.78 is 5.78. The first-order chi connectivity index (χ1) is 17.2. The van der Waals surface area contributed by atoms with Crippen molar-refractivity contribution in [3.05, 3.63) is 65.7 Å². The lowest BCUT2D eigenvalue weighted by molar-refractivity contribution is -0.121. The number of amides is 2. The van der Waals surface area contributed by atoms with Gasteiger partial charge in [0, 0.05) is 25.1 Å². The van der Waals surface area contributed by atoms with Gasteiger partial charge in [-0.25, -0.2) is 9.69 Å². The summed E-state index contributed by atoms with van der Waals surface area (Å²) in [5, 5.41) is -0.564. The maximum absolute atomic E-state index is 13.1. The van der Waals surface area contributed by atoms with Crippen molar-refractivity contribution >= 4 is 57.6 Å². The normalized spacial score (nSPS) is 22.0. The molecule has 0 spiro atoms. The highest BCUT2D eigenvalue weighted by atomic mass is 32.2. The number of ketones is 1. The van der Waals surface area contributed by atoms with Crippen molar-refractivity contribution in [2.45, 2.75) is 31.9 Å². The average Bonchev–Trinajstić information content (AvgIpc) is 3.14. The number of carbonyl (C=O) groups excluding carboxylic acids is 4. The number of Topliss-reactive ketones (excluding diaryl/α,β-unsaturated/α-hetero) is 1. The number of carbonyl (C=O) groups is 4. The number of thioether (sulfide) groups is 1. The van der Waals surface area contributed by atoms with E-state index in [0.717, 1.165) is 24.4 Å². The fraction of sp³-hybridized carbons (Fsp3) is 0.370. The van der Waals surface area contributed by atoms with Gasteiger partial charge in [-0.1, -0.05) is 68.2 Å². The molecule has 36 heavy (non-hydrogen) atoms. The molecule has 188 valence electrons. The van der Waals surface area contributed by atoms with E-state index in [1.165, 1.54) is 36.0 Å². The zero-order valence-electron chi connectivity index (χ0n) is 20.2. The number of anilines is 1. The van der Waals surface area contributed by atoms with Crippen LogP contribution in [0, 0.1) is 11.8 Å². The molecule has 4 rings (SSSR count). The van der Waals surface area contributed by atoms with E-state index in [-0.39, 0.29) is 36.2 Å². The van der Waals surface area contributed by atoms with Crippen LogP contribution in [0.3, 0.4) is 0 Å². The van der Waals surface area contributed by atoms with E-state index >= 15 is 0 Å². The topological polar surface area (TPSA) is 84.0 Å². The van der Waals surface area contributed by atoms with Gasteiger partial charge < -0.3 is 9.64 Å². The summed E-state index contributed by atoms with van der Waals surface area (Å²) in [7, 11) is 0. The van der Waals surface area contributed by atoms with Crippen LogP contribution < -0.4 is 4.90 Å². The summed E-state index contributed by atoms with van der Waals surface area (Å²) in [6.07, 6.45) is 1.24. The lowest BCUT2D eigenvalue weighted by Crippen LogP contribution is -2.41. The maximum atomic E-state index is 13.1. The van der Waals surface area contributed by atoms with E-state index in [4.69, 9.17) is 17.0 Å². The summed E-state index contributed by atoms with van der Waals surface area (Å²) in [4.78, 5) is 53.6. The van der Waals surface area contributed by atoms with Crippen LogP contribution in [0.5, 0.6) is 0 Å². The van der Waals surface area contributed by atoms with Crippen molar-refractivity contribution in [3.8, 4) is 0 Å². The second-order valence-corrected chi connectivity index (χ2v) is 11.2. The second kappa shape index (κ2) is 11.3. The van der Waals surface area contributed by atoms with Crippen molar-refractivity contribution in [1.29, 1.82) is 0 Å². The summed E-state index contributed by atoms with van der Waals surface area (Å²) in [6, 6.07) is 14.6. The number of piperidine rings is 1. The number of benzene rings is 2. The SMILES string of the molecule is C[C@@H]1C[C@H](C)CN(C(=S)S[C@@H]2CC(=O)N(c3ccc(C(=O)OCC(=O)c4ccccc4)cc3)C2=O)C1. The van der Waals surface area contributed by atoms with Crippen LogP contribution in [-0.2, 0) is 14.3 Å². The largest absolute Gasteiger partial charge is 0.454 e. The Labute approximate surface area is 220 Å². The number of rotatable bonds is 6. The molecule has 0 unspecified atom stereocenters. The summed E-state index contributed by atoms with van der Waals surface area (Å²) >= 11 is 6.90. The van der Waals surface area contributed by atoms with Gasteiger partial charge in [-0.05, 0) is 42.5 Å². The van der Waals surface area contributed by atoms with E-state index in [0.29, 0.717) is 27.4 Å². The molecule has 0 aromatic heterocycles. The molecule has 0 radical (unpaired) electrons. The fourth-order valence-electron chi connectivity index (χ4n) is 4.64. The third-order valence-electron chi connectivity index (χ3n) is 6.27. The second-order valence-electron chi connectivity index (χ2n) is 9.41. The van der Waals surface area contributed by atoms with Crippen molar-refractivity contribution < 1.29 is 23.9 Å². The van der Waals surface area contributed by atoms with E-state index in [1.54, 1.807) is 30.3 Å². The van der Waals surface area contributed by atoms with Gasteiger partial charge in [-0.3, -0.25) is 14.4 Å². The molecule has 9 heteroatoms. The van der Waals surface area contributed by atoms with Crippen molar-refractivity contribution in [1.82, 2.24) is 4.90 Å². The first kappa shape index (κ1) is 26.0. The van der Waals surface area contributed by atoms with Gasteiger partial charge in [0.05, 0.1) is 11.3 Å². The van der Waals surface area contributed by atoms with Crippen LogP contribution >= 0.6 is 24.0 Å². The van der Waals surface area contributed by atoms with Crippen LogP contribution in [0.15, 0.2) is 54.6 Å². The van der Waals surface area contributed by atoms with Gasteiger partial charge in [0.15, 0.2) is 12.4 Å². The predicted molar refractivity (Wildman–Crippen MR) is 143 cm³/mol. The molecule has 0 aliphatic carbocycles.